The second kappa shape index (κ2) is 3.81. The molecule has 0 aliphatic rings. The van der Waals surface area contributed by atoms with Crippen LogP contribution in [0.3, 0.4) is 0 Å². The summed E-state index contributed by atoms with van der Waals surface area (Å²) in [6.07, 6.45) is 5.19. The Labute approximate surface area is 107 Å². The summed E-state index contributed by atoms with van der Waals surface area (Å²) < 4.78 is 0. The molecule has 3 N–H and O–H groups in total. The van der Waals surface area contributed by atoms with Crippen molar-refractivity contribution in [2.24, 2.45) is 0 Å². The minimum absolute atomic E-state index is 0.783. The molecule has 0 saturated heterocycles. The monoisotopic (exact) mass is 250 g/mol. The first-order valence-corrected chi connectivity index (χ1v) is 5.88. The molecule has 0 atom stereocenters. The largest absolute Gasteiger partial charge is 0.346 e. The third kappa shape index (κ3) is 1.61. The van der Waals surface area contributed by atoms with Gasteiger partial charge in [-0.25, -0.2) is 9.97 Å². The van der Waals surface area contributed by atoms with Crippen LogP contribution >= 0.6 is 0 Å². The lowest BCUT2D eigenvalue weighted by atomic mass is 10.2. The maximum Gasteiger partial charge on any atom is 0.143 e. The maximum absolute atomic E-state index is 4.27. The van der Waals surface area contributed by atoms with E-state index in [9.17, 15) is 0 Å². The van der Waals surface area contributed by atoms with Crippen molar-refractivity contribution in [3.05, 3.63) is 43.0 Å². The smallest absolute Gasteiger partial charge is 0.143 e. The van der Waals surface area contributed by atoms with Gasteiger partial charge in [0.2, 0.25) is 0 Å². The first-order chi connectivity index (χ1) is 9.40. The van der Waals surface area contributed by atoms with E-state index in [-0.39, 0.29) is 0 Å². The topological polar surface area (TPSA) is 82.3 Å². The molecule has 0 aliphatic heterocycles. The van der Waals surface area contributed by atoms with E-state index in [2.05, 4.69) is 30.5 Å². The lowest BCUT2D eigenvalue weighted by Crippen LogP contribution is -1.94. The number of aromatic amines is 2. The summed E-state index contributed by atoms with van der Waals surface area (Å²) >= 11 is 0. The number of H-pyrrole nitrogens is 2. The third-order valence-electron chi connectivity index (χ3n) is 3.06. The molecule has 3 aromatic heterocycles. The highest BCUT2D eigenvalue weighted by Gasteiger charge is 2.05. The normalized spacial score (nSPS) is 11.2. The zero-order valence-corrected chi connectivity index (χ0v) is 9.88. The summed E-state index contributed by atoms with van der Waals surface area (Å²) in [6.45, 7) is 0. The summed E-state index contributed by atoms with van der Waals surface area (Å²) in [6, 6.07) is 7.96. The Bertz CT molecular complexity index is 859. The molecule has 0 aliphatic carbocycles. The zero-order valence-electron chi connectivity index (χ0n) is 9.88. The first-order valence-electron chi connectivity index (χ1n) is 5.88. The Morgan fingerprint density at radius 3 is 3.11 bits per heavy atom. The van der Waals surface area contributed by atoms with Crippen molar-refractivity contribution < 1.29 is 0 Å². The molecule has 1 aromatic carbocycles. The lowest BCUT2D eigenvalue weighted by Gasteiger charge is -2.06. The van der Waals surface area contributed by atoms with Gasteiger partial charge in [0.1, 0.15) is 17.8 Å². The zero-order chi connectivity index (χ0) is 12.7. The average Bonchev–Trinajstić information content (AvgIpc) is 3.06. The standard InChI is InChI=1S/C13H10N6/c1-2-9(5-11-8(1)6-17-19-11)18-13-10-3-4-14-12(10)15-7-16-13/h1-7H,(H,17,19)(H2,14,15,16,18). The molecule has 4 aromatic rings. The summed E-state index contributed by atoms with van der Waals surface area (Å²) in [4.78, 5) is 11.5. The number of nitrogens with one attached hydrogen (secondary N) is 3. The Hall–Kier alpha value is -2.89. The highest BCUT2D eigenvalue weighted by molar-refractivity contribution is 5.90. The predicted octanol–water partition coefficient (Wildman–Crippen LogP) is 2.58. The fourth-order valence-electron chi connectivity index (χ4n) is 2.12. The molecule has 0 amide bonds. The molecule has 6 heteroatoms. The Morgan fingerprint density at radius 1 is 1.11 bits per heavy atom. The molecule has 92 valence electrons. The van der Waals surface area contributed by atoms with Crippen molar-refractivity contribution in [3.8, 4) is 0 Å². The van der Waals surface area contributed by atoms with E-state index in [4.69, 9.17) is 0 Å². The highest BCUT2D eigenvalue weighted by Crippen LogP contribution is 2.24. The van der Waals surface area contributed by atoms with Gasteiger partial charge in [-0.05, 0) is 24.3 Å². The summed E-state index contributed by atoms with van der Waals surface area (Å²) in [7, 11) is 0. The van der Waals surface area contributed by atoms with Crippen LogP contribution in [0.5, 0.6) is 0 Å². The summed E-state index contributed by atoms with van der Waals surface area (Å²) in [5.74, 6) is 0.783. The number of aromatic nitrogens is 5. The van der Waals surface area contributed by atoms with Crippen molar-refractivity contribution in [1.82, 2.24) is 25.1 Å². The Morgan fingerprint density at radius 2 is 2.11 bits per heavy atom. The van der Waals surface area contributed by atoms with Gasteiger partial charge in [0.25, 0.3) is 0 Å². The number of benzene rings is 1. The maximum atomic E-state index is 4.27. The third-order valence-corrected chi connectivity index (χ3v) is 3.06. The fraction of sp³-hybridized carbons (Fsp3) is 0. The number of rotatable bonds is 2. The molecule has 4 rings (SSSR count). The molecule has 0 bridgehead atoms. The number of anilines is 2. The van der Waals surface area contributed by atoms with E-state index < -0.39 is 0 Å². The summed E-state index contributed by atoms with van der Waals surface area (Å²) in [5, 5.41) is 12.3. The average molecular weight is 250 g/mol. The van der Waals surface area contributed by atoms with Gasteiger partial charge in [-0.15, -0.1) is 0 Å². The van der Waals surface area contributed by atoms with Crippen molar-refractivity contribution >= 4 is 33.4 Å². The minimum atomic E-state index is 0.783. The predicted molar refractivity (Wildman–Crippen MR) is 73.3 cm³/mol. The van der Waals surface area contributed by atoms with Crippen LogP contribution in [0.15, 0.2) is 43.0 Å². The number of hydrogen-bond donors (Lipinski definition) is 3. The molecule has 0 spiro atoms. The van der Waals surface area contributed by atoms with Gasteiger partial charge in [0.15, 0.2) is 0 Å². The number of hydrogen-bond acceptors (Lipinski definition) is 4. The van der Waals surface area contributed by atoms with E-state index >= 15 is 0 Å². The molecule has 0 saturated carbocycles. The number of nitrogens with zero attached hydrogens (tertiary/aromatic N) is 3. The molecule has 0 radical (unpaired) electrons. The SMILES string of the molecule is c1nc(Nc2ccc3cn[nH]c3c2)c2cc[nH]c2n1. The van der Waals surface area contributed by atoms with Crippen LogP contribution in [-0.4, -0.2) is 25.1 Å². The van der Waals surface area contributed by atoms with Crippen LogP contribution in [0.4, 0.5) is 11.5 Å². The lowest BCUT2D eigenvalue weighted by molar-refractivity contribution is 1.12. The second-order valence-corrected chi connectivity index (χ2v) is 4.26. The molecule has 19 heavy (non-hydrogen) atoms. The molecule has 6 nitrogen and oxygen atoms in total. The molecule has 0 fully saturated rings. The van der Waals surface area contributed by atoms with E-state index in [1.54, 1.807) is 6.20 Å². The van der Waals surface area contributed by atoms with Crippen LogP contribution < -0.4 is 5.32 Å². The van der Waals surface area contributed by atoms with Gasteiger partial charge >= 0.3 is 0 Å². The van der Waals surface area contributed by atoms with Crippen LogP contribution in [0.1, 0.15) is 0 Å². The molecular weight excluding hydrogens is 240 g/mol. The van der Waals surface area contributed by atoms with E-state index in [1.807, 2.05) is 30.5 Å². The van der Waals surface area contributed by atoms with Gasteiger partial charge in [0.05, 0.1) is 17.1 Å². The van der Waals surface area contributed by atoms with Crippen molar-refractivity contribution in [3.63, 3.8) is 0 Å². The van der Waals surface area contributed by atoms with Gasteiger partial charge < -0.3 is 10.3 Å². The van der Waals surface area contributed by atoms with Gasteiger partial charge in [-0.2, -0.15) is 5.10 Å². The van der Waals surface area contributed by atoms with Crippen LogP contribution in [-0.2, 0) is 0 Å². The first kappa shape index (κ1) is 10.1. The van der Waals surface area contributed by atoms with Gasteiger partial charge in [0, 0.05) is 17.3 Å². The van der Waals surface area contributed by atoms with E-state index in [0.717, 1.165) is 33.4 Å². The quantitative estimate of drug-likeness (QED) is 0.510. The molecule has 0 unspecified atom stereocenters. The Kier molecular flexibility index (Phi) is 2.02. The van der Waals surface area contributed by atoms with Crippen molar-refractivity contribution in [1.29, 1.82) is 0 Å². The second-order valence-electron chi connectivity index (χ2n) is 4.26. The minimum Gasteiger partial charge on any atom is -0.346 e. The van der Waals surface area contributed by atoms with Crippen molar-refractivity contribution in [2.75, 3.05) is 5.32 Å². The van der Waals surface area contributed by atoms with Crippen LogP contribution in [0.2, 0.25) is 0 Å². The van der Waals surface area contributed by atoms with E-state index in [1.165, 1.54) is 6.33 Å². The van der Waals surface area contributed by atoms with E-state index in [0.29, 0.717) is 0 Å². The van der Waals surface area contributed by atoms with Crippen LogP contribution in [0, 0.1) is 0 Å². The van der Waals surface area contributed by atoms with Crippen LogP contribution in [0.25, 0.3) is 21.9 Å². The van der Waals surface area contributed by atoms with Crippen molar-refractivity contribution in [2.45, 2.75) is 0 Å². The number of fused-ring (bicyclic) bond motifs is 2. The summed E-state index contributed by atoms with van der Waals surface area (Å²) in [5.41, 5.74) is 2.77. The van der Waals surface area contributed by atoms with Gasteiger partial charge in [-0.1, -0.05) is 0 Å². The van der Waals surface area contributed by atoms with Gasteiger partial charge in [-0.3, -0.25) is 5.10 Å². The molecule has 3 heterocycles. The Balaban J connectivity index is 1.79. The fourth-order valence-corrected chi connectivity index (χ4v) is 2.12. The highest BCUT2D eigenvalue weighted by atomic mass is 15.1. The molecular formula is C13H10N6.